The number of aryl methyl sites for hydroxylation is 1. The van der Waals surface area contributed by atoms with Gasteiger partial charge in [-0.1, -0.05) is 0 Å². The van der Waals surface area contributed by atoms with E-state index in [9.17, 15) is 0 Å². The summed E-state index contributed by atoms with van der Waals surface area (Å²) in [6.45, 7) is 0.548. The third-order valence-corrected chi connectivity index (χ3v) is 3.83. The molecule has 3 rings (SSSR count). The molecule has 0 aromatic carbocycles. The van der Waals surface area contributed by atoms with Crippen LogP contribution in [0.25, 0.3) is 0 Å². The Hall–Kier alpha value is -3.13. The first kappa shape index (κ1) is 19.2. The number of allylic oxidation sites excluding steroid dienone is 2. The van der Waals surface area contributed by atoms with Gasteiger partial charge in [-0.25, -0.2) is 14.2 Å². The Morgan fingerprint density at radius 3 is 2.62 bits per heavy atom. The maximum absolute atomic E-state index is 7.78. The number of hydrogen-bond acceptors (Lipinski definition) is 6. The van der Waals surface area contributed by atoms with E-state index >= 15 is 0 Å². The minimum absolute atomic E-state index is 0. The van der Waals surface area contributed by atoms with Crippen molar-refractivity contribution in [1.82, 2.24) is 9.78 Å². The molecule has 0 atom stereocenters. The van der Waals surface area contributed by atoms with Gasteiger partial charge in [0.25, 0.3) is 0 Å². The van der Waals surface area contributed by atoms with Gasteiger partial charge in [0, 0.05) is 18.2 Å². The van der Waals surface area contributed by atoms with Crippen molar-refractivity contribution in [2.45, 2.75) is 6.54 Å². The van der Waals surface area contributed by atoms with Gasteiger partial charge in [0.2, 0.25) is 0 Å². The number of nitrogen functional groups attached to an aromatic ring is 1. The van der Waals surface area contributed by atoms with Gasteiger partial charge in [0.15, 0.2) is 12.4 Å². The second kappa shape index (κ2) is 7.83. The van der Waals surface area contributed by atoms with Crippen LogP contribution in [0.2, 0.25) is 0 Å². The number of pyridine rings is 1. The van der Waals surface area contributed by atoms with Gasteiger partial charge in [-0.15, -0.1) is 0 Å². The Bertz CT molecular complexity index is 910. The van der Waals surface area contributed by atoms with Crippen LogP contribution in [-0.4, -0.2) is 28.3 Å². The molecule has 5 N–H and O–H groups in total. The number of methoxy groups -OCH3 is 1. The highest BCUT2D eigenvalue weighted by atomic mass is 35.5. The normalized spacial score (nSPS) is 15.3. The van der Waals surface area contributed by atoms with Crippen LogP contribution in [0.1, 0.15) is 5.56 Å². The van der Waals surface area contributed by atoms with Crippen molar-refractivity contribution in [3.8, 4) is 0 Å². The van der Waals surface area contributed by atoms with Crippen molar-refractivity contribution in [3.05, 3.63) is 59.9 Å². The molecule has 0 saturated heterocycles. The van der Waals surface area contributed by atoms with Crippen LogP contribution in [0.4, 0.5) is 11.5 Å². The fourth-order valence-corrected chi connectivity index (χ4v) is 2.39. The smallest absolute Gasteiger partial charge is 0.168 e. The van der Waals surface area contributed by atoms with Crippen molar-refractivity contribution < 1.29 is 21.7 Å². The van der Waals surface area contributed by atoms with Gasteiger partial charge in [0.05, 0.1) is 37.0 Å². The highest BCUT2D eigenvalue weighted by Gasteiger charge is 2.16. The van der Waals surface area contributed by atoms with E-state index in [4.69, 9.17) is 21.6 Å². The fourth-order valence-electron chi connectivity index (χ4n) is 2.39. The summed E-state index contributed by atoms with van der Waals surface area (Å²) in [5.41, 5.74) is 14.8. The minimum atomic E-state index is 0. The standard InChI is InChI=1S/C17H20N7O.ClH/c1-23-5-3-11(4-6-23)10-24-17(20)15(9-21-24)22-14-8-16(25-2)13(19)7-12(14)18;/h3-9,19H,10,18,20H2,1-2H3;1H/q+1;/p-1/b19-13?,22-14-;. The summed E-state index contributed by atoms with van der Waals surface area (Å²) in [4.78, 5) is 4.47. The lowest BCUT2D eigenvalue weighted by molar-refractivity contribution is -0.671. The Morgan fingerprint density at radius 2 is 1.96 bits per heavy atom. The van der Waals surface area contributed by atoms with Crippen molar-refractivity contribution >= 4 is 22.9 Å². The number of nitrogens with two attached hydrogens (primary N) is 2. The molecule has 9 heteroatoms. The first-order valence-electron chi connectivity index (χ1n) is 7.64. The largest absolute Gasteiger partial charge is 1.00 e. The van der Waals surface area contributed by atoms with E-state index in [0.717, 1.165) is 5.56 Å². The van der Waals surface area contributed by atoms with Crippen LogP contribution in [0.3, 0.4) is 0 Å². The summed E-state index contributed by atoms with van der Waals surface area (Å²) in [6.07, 6.45) is 8.65. The van der Waals surface area contributed by atoms with Gasteiger partial charge in [-0.05, 0) is 11.6 Å². The van der Waals surface area contributed by atoms with Gasteiger partial charge < -0.3 is 28.6 Å². The van der Waals surface area contributed by atoms with E-state index in [-0.39, 0.29) is 18.1 Å². The molecule has 2 aromatic rings. The molecule has 0 unspecified atom stereocenters. The highest BCUT2D eigenvalue weighted by Crippen LogP contribution is 2.24. The number of anilines is 1. The lowest BCUT2D eigenvalue weighted by Crippen LogP contribution is -3.00. The molecular weight excluding hydrogens is 354 g/mol. The summed E-state index contributed by atoms with van der Waals surface area (Å²) in [7, 11) is 3.46. The predicted octanol–water partition coefficient (Wildman–Crippen LogP) is -2.18. The summed E-state index contributed by atoms with van der Waals surface area (Å²) < 4.78 is 8.79. The van der Waals surface area contributed by atoms with Crippen LogP contribution in [0.15, 0.2) is 59.3 Å². The van der Waals surface area contributed by atoms with Gasteiger partial charge >= 0.3 is 0 Å². The Labute approximate surface area is 157 Å². The molecule has 1 aliphatic carbocycles. The van der Waals surface area contributed by atoms with Gasteiger partial charge in [-0.2, -0.15) is 5.10 Å². The van der Waals surface area contributed by atoms with E-state index in [0.29, 0.717) is 35.2 Å². The number of nitrogens with zero attached hydrogens (tertiary/aromatic N) is 4. The SMILES string of the molecule is COC1=C/C(=N/c2cnn(Cc3cc[n+](C)cc3)c2N)C(N)=CC1=N.[Cl-]. The number of rotatable bonds is 4. The van der Waals surface area contributed by atoms with E-state index < -0.39 is 0 Å². The van der Waals surface area contributed by atoms with Crippen molar-refractivity contribution in [2.24, 2.45) is 17.8 Å². The number of halogens is 1. The first-order chi connectivity index (χ1) is 12.0. The van der Waals surface area contributed by atoms with Crippen LogP contribution in [0, 0.1) is 5.41 Å². The van der Waals surface area contributed by atoms with E-state index in [1.54, 1.807) is 17.0 Å². The van der Waals surface area contributed by atoms with Gasteiger partial charge in [-0.3, -0.25) is 5.41 Å². The average Bonchev–Trinajstić information content (AvgIpc) is 2.92. The third kappa shape index (κ3) is 3.92. The minimum Gasteiger partial charge on any atom is -1.00 e. The zero-order valence-corrected chi connectivity index (χ0v) is 15.2. The molecule has 2 aromatic heterocycles. The Morgan fingerprint density at radius 1 is 1.27 bits per heavy atom. The second-order valence-electron chi connectivity index (χ2n) is 5.67. The highest BCUT2D eigenvalue weighted by molar-refractivity contribution is 6.22. The molecule has 26 heavy (non-hydrogen) atoms. The quantitative estimate of drug-likeness (QED) is 0.417. The Balaban J connectivity index is 0.00000243. The van der Waals surface area contributed by atoms with E-state index in [2.05, 4.69) is 10.1 Å². The van der Waals surface area contributed by atoms with E-state index in [1.807, 2.05) is 36.1 Å². The van der Waals surface area contributed by atoms with Crippen LogP contribution in [0.5, 0.6) is 0 Å². The number of nitrogens with one attached hydrogen (secondary N) is 1. The molecule has 8 nitrogen and oxygen atoms in total. The van der Waals surface area contributed by atoms with Gasteiger partial charge in [0.1, 0.15) is 24.3 Å². The zero-order valence-electron chi connectivity index (χ0n) is 14.5. The van der Waals surface area contributed by atoms with E-state index in [1.165, 1.54) is 13.2 Å². The Kier molecular flexibility index (Phi) is 5.78. The first-order valence-corrected chi connectivity index (χ1v) is 7.64. The van der Waals surface area contributed by atoms with Crippen molar-refractivity contribution in [3.63, 3.8) is 0 Å². The monoisotopic (exact) mass is 373 g/mol. The maximum atomic E-state index is 7.78. The lowest BCUT2D eigenvalue weighted by Gasteiger charge is -2.12. The average molecular weight is 374 g/mol. The lowest BCUT2D eigenvalue weighted by atomic mass is 10.1. The maximum Gasteiger partial charge on any atom is 0.168 e. The van der Waals surface area contributed by atoms with Crippen LogP contribution < -0.4 is 28.4 Å². The number of hydrogen-bond donors (Lipinski definition) is 3. The van der Waals surface area contributed by atoms with Crippen LogP contribution in [-0.2, 0) is 18.3 Å². The molecule has 0 saturated carbocycles. The number of aliphatic imine (C=N–C) groups is 1. The summed E-state index contributed by atoms with van der Waals surface area (Å²) >= 11 is 0. The number of aromatic nitrogens is 3. The zero-order chi connectivity index (χ0) is 18.0. The molecule has 0 radical (unpaired) electrons. The fraction of sp³-hybridized carbons (Fsp3) is 0.176. The van der Waals surface area contributed by atoms with Crippen molar-refractivity contribution in [2.75, 3.05) is 12.8 Å². The molecular formula is C17H20ClN7O. The molecule has 0 fully saturated rings. The van der Waals surface area contributed by atoms with Crippen LogP contribution >= 0.6 is 0 Å². The second-order valence-corrected chi connectivity index (χ2v) is 5.67. The number of ether oxygens (including phenoxy) is 1. The van der Waals surface area contributed by atoms with Crippen molar-refractivity contribution in [1.29, 1.82) is 5.41 Å². The molecule has 0 spiro atoms. The molecule has 136 valence electrons. The molecule has 0 aliphatic heterocycles. The predicted molar refractivity (Wildman–Crippen MR) is 95.5 cm³/mol. The topological polar surface area (TPSA) is 119 Å². The molecule has 0 amide bonds. The summed E-state index contributed by atoms with van der Waals surface area (Å²) in [5, 5.41) is 12.1. The molecule has 0 bridgehead atoms. The third-order valence-electron chi connectivity index (χ3n) is 3.83. The molecule has 1 aliphatic rings. The summed E-state index contributed by atoms with van der Waals surface area (Å²) in [6, 6.07) is 4.02. The summed E-state index contributed by atoms with van der Waals surface area (Å²) in [5.74, 6) is 0.845. The molecule has 2 heterocycles.